The molecule has 2 heterocycles. The van der Waals surface area contributed by atoms with Crippen molar-refractivity contribution in [2.45, 2.75) is 6.92 Å². The van der Waals surface area contributed by atoms with E-state index in [1.165, 1.54) is 13.2 Å². The molecule has 1 N–H and O–H groups in total. The Labute approximate surface area is 113 Å². The molecular weight excluding hydrogens is 264 g/mol. The van der Waals surface area contributed by atoms with Gasteiger partial charge in [0.15, 0.2) is 11.6 Å². The van der Waals surface area contributed by atoms with Crippen LogP contribution in [-0.4, -0.2) is 22.1 Å². The Morgan fingerprint density at radius 2 is 1.95 bits per heavy atom. The topological polar surface area (TPSA) is 50.8 Å². The molecule has 2 aromatic heterocycles. The van der Waals surface area contributed by atoms with Crippen molar-refractivity contribution in [2.24, 2.45) is 0 Å². The van der Waals surface area contributed by atoms with Crippen LogP contribution in [0.1, 0.15) is 5.69 Å². The number of nitrogens with one attached hydrogen (secondary N) is 1. The summed E-state index contributed by atoms with van der Waals surface area (Å²) in [7, 11) is 1.51. The molecule has 0 fully saturated rings. The number of aromatic amines is 1. The fourth-order valence-electron chi connectivity index (χ4n) is 2.03. The smallest absolute Gasteiger partial charge is 0.161 e. The van der Waals surface area contributed by atoms with Gasteiger partial charge >= 0.3 is 0 Å². The molecule has 3 aromatic rings. The molecule has 0 saturated heterocycles. The average molecular weight is 275 g/mol. The van der Waals surface area contributed by atoms with Gasteiger partial charge in [-0.1, -0.05) is 0 Å². The highest BCUT2D eigenvalue weighted by Crippen LogP contribution is 2.28. The molecule has 0 aliphatic heterocycles. The van der Waals surface area contributed by atoms with Crippen LogP contribution in [0.25, 0.3) is 22.6 Å². The number of rotatable bonds is 2. The minimum Gasteiger partial charge on any atom is -0.494 e. The minimum absolute atomic E-state index is 0.0757. The van der Waals surface area contributed by atoms with Crippen LogP contribution < -0.4 is 4.74 Å². The Hall–Kier alpha value is -2.50. The summed E-state index contributed by atoms with van der Waals surface area (Å²) < 4.78 is 32.1. The third-order valence-corrected chi connectivity index (χ3v) is 2.95. The zero-order valence-electron chi connectivity index (χ0n) is 10.9. The second-order valence-electron chi connectivity index (χ2n) is 4.37. The fourth-order valence-corrected chi connectivity index (χ4v) is 2.03. The monoisotopic (exact) mass is 275 g/mol. The predicted octanol–water partition coefficient (Wildman–Crippen LogP) is 3.22. The third-order valence-electron chi connectivity index (χ3n) is 2.95. The lowest BCUT2D eigenvalue weighted by Crippen LogP contribution is -1.94. The molecule has 1 aromatic carbocycles. The first-order valence-electron chi connectivity index (χ1n) is 5.95. The SMILES string of the molecule is COc1ccc(C)nc1-c1nc2c(F)cc(F)cc2[nH]1. The molecule has 0 bridgehead atoms. The van der Waals surface area contributed by atoms with Gasteiger partial charge in [0.25, 0.3) is 0 Å². The van der Waals surface area contributed by atoms with Crippen molar-refractivity contribution in [1.29, 1.82) is 0 Å². The largest absolute Gasteiger partial charge is 0.494 e. The number of pyridine rings is 1. The van der Waals surface area contributed by atoms with Gasteiger partial charge in [-0.2, -0.15) is 0 Å². The van der Waals surface area contributed by atoms with Gasteiger partial charge in [-0.15, -0.1) is 0 Å². The summed E-state index contributed by atoms with van der Waals surface area (Å²) in [6.45, 7) is 1.83. The van der Waals surface area contributed by atoms with Gasteiger partial charge in [0.2, 0.25) is 0 Å². The van der Waals surface area contributed by atoms with E-state index in [0.717, 1.165) is 11.8 Å². The summed E-state index contributed by atoms with van der Waals surface area (Å²) in [6, 6.07) is 5.54. The van der Waals surface area contributed by atoms with E-state index in [-0.39, 0.29) is 11.0 Å². The molecule has 3 rings (SSSR count). The molecular formula is C14H11F2N3O. The number of hydrogen-bond acceptors (Lipinski definition) is 3. The highest BCUT2D eigenvalue weighted by molar-refractivity contribution is 5.80. The number of ether oxygens (including phenoxy) is 1. The second kappa shape index (κ2) is 4.56. The quantitative estimate of drug-likeness (QED) is 0.781. The van der Waals surface area contributed by atoms with Crippen molar-refractivity contribution in [1.82, 2.24) is 15.0 Å². The zero-order chi connectivity index (χ0) is 14.3. The van der Waals surface area contributed by atoms with Crippen LogP contribution in [-0.2, 0) is 0 Å². The van der Waals surface area contributed by atoms with Gasteiger partial charge in [0, 0.05) is 11.8 Å². The standard InChI is InChI=1S/C14H11F2N3O/c1-7-3-4-11(20-2)13(17-7)14-18-10-6-8(15)5-9(16)12(10)19-14/h3-6H,1-2H3,(H,18,19). The van der Waals surface area contributed by atoms with E-state index < -0.39 is 11.6 Å². The predicted molar refractivity (Wildman–Crippen MR) is 70.5 cm³/mol. The zero-order valence-corrected chi connectivity index (χ0v) is 10.9. The minimum atomic E-state index is -0.714. The Morgan fingerprint density at radius 1 is 1.15 bits per heavy atom. The van der Waals surface area contributed by atoms with Crippen LogP contribution in [0.3, 0.4) is 0 Å². The average Bonchev–Trinajstić information content (AvgIpc) is 2.82. The first kappa shape index (κ1) is 12.5. The molecule has 102 valence electrons. The number of H-pyrrole nitrogens is 1. The van der Waals surface area contributed by atoms with E-state index in [1.807, 2.05) is 6.92 Å². The van der Waals surface area contributed by atoms with E-state index in [9.17, 15) is 8.78 Å². The molecule has 6 heteroatoms. The summed E-state index contributed by atoms with van der Waals surface area (Å²) in [5, 5.41) is 0. The van der Waals surface area contributed by atoms with Crippen molar-refractivity contribution in [3.05, 3.63) is 41.6 Å². The molecule has 0 unspecified atom stereocenters. The van der Waals surface area contributed by atoms with Crippen LogP contribution in [0.15, 0.2) is 24.3 Å². The molecule has 0 spiro atoms. The number of aromatic nitrogens is 3. The molecule has 20 heavy (non-hydrogen) atoms. The first-order valence-corrected chi connectivity index (χ1v) is 5.95. The first-order chi connectivity index (χ1) is 9.58. The van der Waals surface area contributed by atoms with Crippen LogP contribution in [0.2, 0.25) is 0 Å². The number of imidazole rings is 1. The molecule has 0 radical (unpaired) electrons. The van der Waals surface area contributed by atoms with E-state index in [2.05, 4.69) is 15.0 Å². The maximum atomic E-state index is 13.7. The van der Waals surface area contributed by atoms with Gasteiger partial charge in [-0.3, -0.25) is 0 Å². The summed E-state index contributed by atoms with van der Waals surface area (Å²) in [6.07, 6.45) is 0. The van der Waals surface area contributed by atoms with Gasteiger partial charge in [0.1, 0.15) is 22.8 Å². The number of nitrogens with zero attached hydrogens (tertiary/aromatic N) is 2. The molecule has 0 atom stereocenters. The van der Waals surface area contributed by atoms with Gasteiger partial charge in [0.05, 0.1) is 12.6 Å². The van der Waals surface area contributed by atoms with E-state index in [1.54, 1.807) is 12.1 Å². The van der Waals surface area contributed by atoms with Crippen LogP contribution in [0.5, 0.6) is 5.75 Å². The van der Waals surface area contributed by atoms with E-state index in [4.69, 9.17) is 4.74 Å². The number of methoxy groups -OCH3 is 1. The molecule has 0 amide bonds. The molecule has 0 aliphatic rings. The maximum absolute atomic E-state index is 13.7. The van der Waals surface area contributed by atoms with Gasteiger partial charge < -0.3 is 9.72 Å². The van der Waals surface area contributed by atoms with Crippen molar-refractivity contribution in [3.8, 4) is 17.3 Å². The fraction of sp³-hybridized carbons (Fsp3) is 0.143. The second-order valence-corrected chi connectivity index (χ2v) is 4.37. The Kier molecular flexibility index (Phi) is 2.85. The number of aryl methyl sites for hydroxylation is 1. The van der Waals surface area contributed by atoms with Crippen LogP contribution in [0.4, 0.5) is 8.78 Å². The highest BCUT2D eigenvalue weighted by Gasteiger charge is 2.15. The van der Waals surface area contributed by atoms with E-state index >= 15 is 0 Å². The summed E-state index contributed by atoms with van der Waals surface area (Å²) >= 11 is 0. The van der Waals surface area contributed by atoms with Crippen molar-refractivity contribution < 1.29 is 13.5 Å². The Bertz CT molecular complexity index is 798. The van der Waals surface area contributed by atoms with Gasteiger partial charge in [-0.05, 0) is 25.1 Å². The number of halogens is 2. The Balaban J connectivity index is 2.25. The summed E-state index contributed by atoms with van der Waals surface area (Å²) in [5.74, 6) is -0.524. The third kappa shape index (κ3) is 1.99. The van der Waals surface area contributed by atoms with Crippen molar-refractivity contribution >= 4 is 11.0 Å². The lowest BCUT2D eigenvalue weighted by Gasteiger charge is -2.05. The van der Waals surface area contributed by atoms with Crippen LogP contribution >= 0.6 is 0 Å². The highest BCUT2D eigenvalue weighted by atomic mass is 19.1. The van der Waals surface area contributed by atoms with E-state index in [0.29, 0.717) is 17.3 Å². The maximum Gasteiger partial charge on any atom is 0.161 e. The lowest BCUT2D eigenvalue weighted by atomic mass is 10.3. The van der Waals surface area contributed by atoms with Crippen molar-refractivity contribution in [3.63, 3.8) is 0 Å². The normalized spacial score (nSPS) is 11.0. The molecule has 0 saturated carbocycles. The molecule has 0 aliphatic carbocycles. The van der Waals surface area contributed by atoms with Crippen molar-refractivity contribution in [2.75, 3.05) is 7.11 Å². The summed E-state index contributed by atoms with van der Waals surface area (Å²) in [5.41, 5.74) is 1.59. The van der Waals surface area contributed by atoms with Crippen LogP contribution in [0, 0.1) is 18.6 Å². The number of hydrogen-bond donors (Lipinski definition) is 1. The van der Waals surface area contributed by atoms with Gasteiger partial charge in [-0.25, -0.2) is 18.7 Å². The molecule has 4 nitrogen and oxygen atoms in total. The summed E-state index contributed by atoms with van der Waals surface area (Å²) in [4.78, 5) is 11.3. The Morgan fingerprint density at radius 3 is 2.70 bits per heavy atom. The number of fused-ring (bicyclic) bond motifs is 1. The number of benzene rings is 1. The lowest BCUT2D eigenvalue weighted by molar-refractivity contribution is 0.414.